The number of likely N-dealkylation sites (N-methyl/N-ethyl adjacent to an activating group) is 1. The Morgan fingerprint density at radius 2 is 2.09 bits per heavy atom. The lowest BCUT2D eigenvalue weighted by Crippen LogP contribution is -2.41. The molecular weight excluding hydrogens is 451 g/mol. The molecule has 2 aromatic carbocycles. The second-order valence-electron chi connectivity index (χ2n) is 8.38. The highest BCUT2D eigenvalue weighted by molar-refractivity contribution is 6.05. The highest BCUT2D eigenvalue weighted by Crippen LogP contribution is 2.33. The Bertz CT molecular complexity index is 1630. The van der Waals surface area contributed by atoms with Crippen LogP contribution in [0.1, 0.15) is 0 Å². The van der Waals surface area contributed by atoms with Crippen molar-refractivity contribution in [2.45, 2.75) is 6.10 Å². The van der Waals surface area contributed by atoms with Crippen LogP contribution in [0.5, 0.6) is 5.75 Å². The summed E-state index contributed by atoms with van der Waals surface area (Å²) in [7, 11) is 1.93. The van der Waals surface area contributed by atoms with E-state index in [2.05, 4.69) is 25.5 Å². The van der Waals surface area contributed by atoms with Crippen LogP contribution in [0.25, 0.3) is 27.6 Å². The number of aromatic amines is 1. The normalized spacial score (nSPS) is 15.3. The minimum atomic E-state index is -0.353. The van der Waals surface area contributed by atoms with Crippen molar-refractivity contribution in [1.29, 1.82) is 0 Å². The Morgan fingerprint density at radius 1 is 1.26 bits per heavy atom. The summed E-state index contributed by atoms with van der Waals surface area (Å²) in [6, 6.07) is 13.7. The van der Waals surface area contributed by atoms with E-state index in [1.54, 1.807) is 12.3 Å². The lowest BCUT2D eigenvalue weighted by molar-refractivity contribution is 0.207. The third kappa shape index (κ3) is 3.48. The van der Waals surface area contributed by atoms with Crippen molar-refractivity contribution >= 4 is 39.4 Å². The van der Waals surface area contributed by atoms with Crippen LogP contribution in [0.3, 0.4) is 0 Å². The van der Waals surface area contributed by atoms with Gasteiger partial charge in [0.1, 0.15) is 23.1 Å². The molecule has 10 nitrogen and oxygen atoms in total. The molecule has 0 fully saturated rings. The van der Waals surface area contributed by atoms with Crippen LogP contribution in [-0.4, -0.2) is 51.0 Å². The number of halogens is 1. The fourth-order valence-corrected chi connectivity index (χ4v) is 4.43. The molecule has 3 aromatic heterocycles. The molecule has 0 aliphatic carbocycles. The molecule has 1 aliphatic heterocycles. The monoisotopic (exact) mass is 472 g/mol. The van der Waals surface area contributed by atoms with Crippen LogP contribution in [0.4, 0.5) is 21.8 Å². The number of benzene rings is 2. The Balaban J connectivity index is 1.37. The summed E-state index contributed by atoms with van der Waals surface area (Å²) in [5, 5.41) is 10.9. The number of H-pyrrole nitrogens is 1. The molecule has 5 aromatic rings. The average Bonchev–Trinajstić information content (AvgIpc) is 3.25. The Hall–Kier alpha value is -4.67. The number of ether oxygens (including phenoxy) is 1. The lowest BCUT2D eigenvalue weighted by Gasteiger charge is -2.33. The maximum absolute atomic E-state index is 13.7. The van der Waals surface area contributed by atoms with E-state index in [0.29, 0.717) is 47.0 Å². The van der Waals surface area contributed by atoms with Crippen molar-refractivity contribution in [3.8, 4) is 11.4 Å². The summed E-state index contributed by atoms with van der Waals surface area (Å²) < 4.78 is 21.2. The van der Waals surface area contributed by atoms with E-state index >= 15 is 0 Å². The van der Waals surface area contributed by atoms with Crippen LogP contribution in [0.15, 0.2) is 59.5 Å². The van der Waals surface area contributed by atoms with Gasteiger partial charge in [-0.05, 0) is 24.3 Å². The SMILES string of the molecule is CN1CC(CNc2ncc3c4[nH]nc(N)c4c(=O)n(-c4ccccc4)c3n2)Oc2cc(F)ccc21. The molecule has 0 spiro atoms. The Morgan fingerprint density at radius 3 is 2.91 bits per heavy atom. The van der Waals surface area contributed by atoms with Gasteiger partial charge in [-0.2, -0.15) is 10.1 Å². The van der Waals surface area contributed by atoms with E-state index in [1.807, 2.05) is 42.3 Å². The summed E-state index contributed by atoms with van der Waals surface area (Å²) in [6.07, 6.45) is 1.36. The van der Waals surface area contributed by atoms with Crippen molar-refractivity contribution < 1.29 is 9.13 Å². The highest BCUT2D eigenvalue weighted by atomic mass is 19.1. The number of fused-ring (bicyclic) bond motifs is 4. The zero-order chi connectivity index (χ0) is 24.1. The predicted molar refractivity (Wildman–Crippen MR) is 132 cm³/mol. The molecule has 11 heteroatoms. The maximum Gasteiger partial charge on any atom is 0.270 e. The number of aromatic nitrogens is 5. The molecule has 0 saturated carbocycles. The average molecular weight is 472 g/mol. The molecule has 4 heterocycles. The fourth-order valence-electron chi connectivity index (χ4n) is 4.43. The molecule has 35 heavy (non-hydrogen) atoms. The van der Waals surface area contributed by atoms with Gasteiger partial charge in [-0.3, -0.25) is 14.5 Å². The van der Waals surface area contributed by atoms with Crippen molar-refractivity contribution in [3.05, 3.63) is 70.9 Å². The molecule has 4 N–H and O–H groups in total. The van der Waals surface area contributed by atoms with Crippen molar-refractivity contribution in [1.82, 2.24) is 24.7 Å². The molecule has 0 radical (unpaired) electrons. The van der Waals surface area contributed by atoms with Gasteiger partial charge in [-0.25, -0.2) is 9.37 Å². The van der Waals surface area contributed by atoms with Crippen molar-refractivity contribution in [2.24, 2.45) is 0 Å². The van der Waals surface area contributed by atoms with E-state index in [4.69, 9.17) is 10.5 Å². The van der Waals surface area contributed by atoms with Crippen LogP contribution in [0, 0.1) is 5.82 Å². The van der Waals surface area contributed by atoms with E-state index in [0.717, 1.165) is 5.69 Å². The standard InChI is InChI=1S/C24H21FN8O2/c1-32-12-15(35-18-9-13(25)7-8-17(18)32)10-27-24-28-11-16-20-19(21(26)31-30-20)23(34)33(22(16)29-24)14-5-3-2-4-6-14/h2-9,11,15H,10,12H2,1H3,(H3,26,30,31)(H,27,28,29). The number of pyridine rings is 1. The molecular formula is C24H21FN8O2. The highest BCUT2D eigenvalue weighted by Gasteiger charge is 2.24. The summed E-state index contributed by atoms with van der Waals surface area (Å²) >= 11 is 0. The van der Waals surface area contributed by atoms with Crippen LogP contribution in [0.2, 0.25) is 0 Å². The molecule has 1 aliphatic rings. The lowest BCUT2D eigenvalue weighted by atomic mass is 10.2. The first-order chi connectivity index (χ1) is 17.0. The van der Waals surface area contributed by atoms with Gasteiger partial charge in [0, 0.05) is 19.3 Å². The Kier molecular flexibility index (Phi) is 4.76. The molecule has 0 saturated heterocycles. The smallest absolute Gasteiger partial charge is 0.270 e. The van der Waals surface area contributed by atoms with Gasteiger partial charge >= 0.3 is 0 Å². The molecule has 6 rings (SSSR count). The second-order valence-corrected chi connectivity index (χ2v) is 8.38. The van der Waals surface area contributed by atoms with Gasteiger partial charge < -0.3 is 20.7 Å². The minimum Gasteiger partial charge on any atom is -0.484 e. The minimum absolute atomic E-state index is 0.120. The van der Waals surface area contributed by atoms with Crippen molar-refractivity contribution in [2.75, 3.05) is 36.1 Å². The molecule has 176 valence electrons. The fraction of sp³-hybridized carbons (Fsp3) is 0.167. The zero-order valence-electron chi connectivity index (χ0n) is 18.7. The van der Waals surface area contributed by atoms with Gasteiger partial charge in [0.25, 0.3) is 5.56 Å². The largest absolute Gasteiger partial charge is 0.484 e. The third-order valence-corrected chi connectivity index (χ3v) is 6.07. The first-order valence-corrected chi connectivity index (χ1v) is 11.0. The van der Waals surface area contributed by atoms with Crippen LogP contribution in [-0.2, 0) is 0 Å². The number of anilines is 3. The quantitative estimate of drug-likeness (QED) is 0.364. The number of nitrogens with one attached hydrogen (secondary N) is 2. The first kappa shape index (κ1) is 20.9. The maximum atomic E-state index is 13.7. The van der Waals surface area contributed by atoms with Gasteiger partial charge in [0.15, 0.2) is 11.5 Å². The Labute approximate surface area is 198 Å². The molecule has 0 amide bonds. The van der Waals surface area contributed by atoms with Crippen LogP contribution >= 0.6 is 0 Å². The number of hydrogen-bond donors (Lipinski definition) is 3. The molecule has 1 unspecified atom stereocenters. The topological polar surface area (TPSA) is 127 Å². The molecule has 0 bridgehead atoms. The van der Waals surface area contributed by atoms with Crippen LogP contribution < -0.4 is 26.2 Å². The van der Waals surface area contributed by atoms with E-state index < -0.39 is 0 Å². The first-order valence-electron chi connectivity index (χ1n) is 11.0. The number of para-hydroxylation sites is 1. The number of nitrogens with zero attached hydrogens (tertiary/aromatic N) is 5. The van der Waals surface area contributed by atoms with Gasteiger partial charge in [0.2, 0.25) is 5.95 Å². The van der Waals surface area contributed by atoms with Gasteiger partial charge in [-0.15, -0.1) is 0 Å². The van der Waals surface area contributed by atoms with Crippen molar-refractivity contribution in [3.63, 3.8) is 0 Å². The summed E-state index contributed by atoms with van der Waals surface area (Å²) in [5.41, 5.74) is 8.02. The van der Waals surface area contributed by atoms with E-state index in [9.17, 15) is 9.18 Å². The van der Waals surface area contributed by atoms with Gasteiger partial charge in [-0.1, -0.05) is 18.2 Å². The summed E-state index contributed by atoms with van der Waals surface area (Å²) in [4.78, 5) is 24.5. The van der Waals surface area contributed by atoms with Gasteiger partial charge in [0.05, 0.1) is 35.4 Å². The number of hydrogen-bond acceptors (Lipinski definition) is 8. The second kappa shape index (κ2) is 7.97. The number of nitrogens with two attached hydrogens (primary N) is 1. The number of rotatable bonds is 4. The summed E-state index contributed by atoms with van der Waals surface area (Å²) in [6.45, 7) is 0.975. The third-order valence-electron chi connectivity index (χ3n) is 6.07. The molecule has 1 atom stereocenters. The number of nitrogen functional groups attached to an aromatic ring is 1. The zero-order valence-corrected chi connectivity index (χ0v) is 18.7. The van der Waals surface area contributed by atoms with E-state index in [1.165, 1.54) is 16.7 Å². The summed E-state index contributed by atoms with van der Waals surface area (Å²) in [5.74, 6) is 0.578. The van der Waals surface area contributed by atoms with E-state index in [-0.39, 0.29) is 28.7 Å². The predicted octanol–water partition coefficient (Wildman–Crippen LogP) is 2.69.